The zero-order valence-electron chi connectivity index (χ0n) is 17.3. The predicted octanol–water partition coefficient (Wildman–Crippen LogP) is 4.62. The molecule has 0 aromatic heterocycles. The Labute approximate surface area is 181 Å². The van der Waals surface area contributed by atoms with E-state index in [2.05, 4.69) is 5.32 Å². The number of hydrogen-bond acceptors (Lipinski definition) is 5. The maximum atomic E-state index is 12.5. The summed E-state index contributed by atoms with van der Waals surface area (Å²) in [6.45, 7) is -0.127. The average Bonchev–Trinajstić information content (AvgIpc) is 2.81. The molecule has 0 saturated heterocycles. The van der Waals surface area contributed by atoms with Crippen LogP contribution < -0.4 is 19.5 Å². The third kappa shape index (κ3) is 5.96. The molecule has 0 heterocycles. The summed E-state index contributed by atoms with van der Waals surface area (Å²) in [6, 6.07) is 21.2. The molecule has 1 N–H and O–H groups in total. The van der Waals surface area contributed by atoms with E-state index in [1.165, 1.54) is 6.08 Å². The Hall–Kier alpha value is -4.06. The van der Waals surface area contributed by atoms with Gasteiger partial charge in [0.15, 0.2) is 23.9 Å². The zero-order chi connectivity index (χ0) is 22.1. The van der Waals surface area contributed by atoms with Crippen LogP contribution in [0.2, 0.25) is 0 Å². The highest BCUT2D eigenvalue weighted by molar-refractivity contribution is 6.07. The summed E-state index contributed by atoms with van der Waals surface area (Å²) in [5, 5.41) is 2.75. The van der Waals surface area contributed by atoms with Crippen LogP contribution in [-0.2, 0) is 4.79 Å². The maximum absolute atomic E-state index is 12.5. The number of benzene rings is 3. The summed E-state index contributed by atoms with van der Waals surface area (Å²) < 4.78 is 16.1. The van der Waals surface area contributed by atoms with Crippen molar-refractivity contribution >= 4 is 23.5 Å². The molecule has 0 aliphatic carbocycles. The molecule has 3 aromatic carbocycles. The van der Waals surface area contributed by atoms with E-state index in [0.717, 1.165) is 5.56 Å². The van der Waals surface area contributed by atoms with Crippen LogP contribution in [0.4, 0.5) is 5.69 Å². The first-order chi connectivity index (χ1) is 15.1. The lowest BCUT2D eigenvalue weighted by atomic mass is 10.1. The molecule has 0 saturated carbocycles. The number of ketones is 1. The Morgan fingerprint density at radius 3 is 2.29 bits per heavy atom. The minimum atomic E-state index is -0.262. The van der Waals surface area contributed by atoms with Crippen molar-refractivity contribution in [3.63, 3.8) is 0 Å². The third-order valence-electron chi connectivity index (χ3n) is 4.41. The summed E-state index contributed by atoms with van der Waals surface area (Å²) in [4.78, 5) is 24.4. The van der Waals surface area contributed by atoms with Gasteiger partial charge in [0.05, 0.1) is 14.2 Å². The number of amides is 1. The number of anilines is 1. The zero-order valence-corrected chi connectivity index (χ0v) is 17.3. The molecule has 3 rings (SSSR count). The van der Waals surface area contributed by atoms with Crippen molar-refractivity contribution < 1.29 is 23.8 Å². The van der Waals surface area contributed by atoms with Gasteiger partial charge in [0.1, 0.15) is 5.75 Å². The minimum Gasteiger partial charge on any atom is -0.493 e. The van der Waals surface area contributed by atoms with Gasteiger partial charge in [-0.1, -0.05) is 30.3 Å². The molecule has 0 bridgehead atoms. The number of nitrogens with one attached hydrogen (secondary N) is 1. The second-order valence-corrected chi connectivity index (χ2v) is 6.51. The fraction of sp³-hybridized carbons (Fsp3) is 0.120. The van der Waals surface area contributed by atoms with Crippen LogP contribution in [0.15, 0.2) is 78.9 Å². The van der Waals surface area contributed by atoms with Crippen LogP contribution in [0.1, 0.15) is 15.9 Å². The number of carbonyl (C=O) groups excluding carboxylic acids is 2. The standard InChI is InChI=1S/C25H23NO5/c1-29-23-10-6-7-19(25(23)30-2)13-16-22(27)18-11-14-21(15-12-18)31-17-24(28)26-20-8-4-3-5-9-20/h3-16H,17H2,1-2H3,(H,26,28)/b16-13+. The number of rotatable bonds is 9. The molecule has 0 radical (unpaired) electrons. The monoisotopic (exact) mass is 417 g/mol. The number of para-hydroxylation sites is 2. The molecule has 0 fully saturated rings. The molecule has 0 aliphatic heterocycles. The van der Waals surface area contributed by atoms with E-state index in [0.29, 0.717) is 28.5 Å². The van der Waals surface area contributed by atoms with Crippen molar-refractivity contribution in [3.8, 4) is 17.2 Å². The van der Waals surface area contributed by atoms with Crippen LogP contribution in [-0.4, -0.2) is 32.5 Å². The van der Waals surface area contributed by atoms with E-state index in [-0.39, 0.29) is 18.3 Å². The number of methoxy groups -OCH3 is 2. The Balaban J connectivity index is 1.58. The Morgan fingerprint density at radius 1 is 0.871 bits per heavy atom. The fourth-order valence-electron chi connectivity index (χ4n) is 2.89. The Bertz CT molecular complexity index is 1060. The third-order valence-corrected chi connectivity index (χ3v) is 4.41. The van der Waals surface area contributed by atoms with Gasteiger partial charge in [-0.2, -0.15) is 0 Å². The van der Waals surface area contributed by atoms with Crippen molar-refractivity contribution in [2.75, 3.05) is 26.1 Å². The van der Waals surface area contributed by atoms with Crippen molar-refractivity contribution in [3.05, 3.63) is 90.0 Å². The lowest BCUT2D eigenvalue weighted by molar-refractivity contribution is -0.118. The second kappa shape index (κ2) is 10.6. The van der Waals surface area contributed by atoms with E-state index in [4.69, 9.17) is 14.2 Å². The van der Waals surface area contributed by atoms with Gasteiger partial charge < -0.3 is 19.5 Å². The highest BCUT2D eigenvalue weighted by Gasteiger charge is 2.09. The van der Waals surface area contributed by atoms with E-state index in [1.54, 1.807) is 62.8 Å². The summed E-state index contributed by atoms with van der Waals surface area (Å²) >= 11 is 0. The molecule has 0 aliphatic rings. The van der Waals surface area contributed by atoms with Crippen molar-refractivity contribution in [2.24, 2.45) is 0 Å². The predicted molar refractivity (Wildman–Crippen MR) is 120 cm³/mol. The van der Waals surface area contributed by atoms with E-state index >= 15 is 0 Å². The van der Waals surface area contributed by atoms with Crippen LogP contribution >= 0.6 is 0 Å². The molecule has 3 aromatic rings. The topological polar surface area (TPSA) is 73.9 Å². The SMILES string of the molecule is COc1cccc(/C=C/C(=O)c2ccc(OCC(=O)Nc3ccccc3)cc2)c1OC. The molecular weight excluding hydrogens is 394 g/mol. The summed E-state index contributed by atoms with van der Waals surface area (Å²) in [5.74, 6) is 1.22. The Kier molecular flexibility index (Phi) is 7.43. The molecule has 6 heteroatoms. The molecule has 1 amide bonds. The molecule has 0 atom stereocenters. The average molecular weight is 417 g/mol. The Morgan fingerprint density at radius 2 is 1.61 bits per heavy atom. The number of hydrogen-bond donors (Lipinski definition) is 1. The minimum absolute atomic E-state index is 0.127. The fourth-order valence-corrected chi connectivity index (χ4v) is 2.89. The van der Waals surface area contributed by atoms with Gasteiger partial charge in [-0.05, 0) is 54.6 Å². The smallest absolute Gasteiger partial charge is 0.262 e. The summed E-state index contributed by atoms with van der Waals surface area (Å²) in [5.41, 5.74) is 1.94. The quantitative estimate of drug-likeness (QED) is 0.406. The van der Waals surface area contributed by atoms with Crippen LogP contribution in [0.5, 0.6) is 17.2 Å². The van der Waals surface area contributed by atoms with Gasteiger partial charge in [0.2, 0.25) is 0 Å². The van der Waals surface area contributed by atoms with Crippen molar-refractivity contribution in [1.29, 1.82) is 0 Å². The first-order valence-electron chi connectivity index (χ1n) is 9.62. The van der Waals surface area contributed by atoms with Gasteiger partial charge in [-0.3, -0.25) is 9.59 Å². The van der Waals surface area contributed by atoms with Gasteiger partial charge in [0.25, 0.3) is 5.91 Å². The second-order valence-electron chi connectivity index (χ2n) is 6.51. The van der Waals surface area contributed by atoms with E-state index < -0.39 is 0 Å². The van der Waals surface area contributed by atoms with Crippen molar-refractivity contribution in [2.45, 2.75) is 0 Å². The number of allylic oxidation sites excluding steroid dienone is 1. The lowest BCUT2D eigenvalue weighted by Crippen LogP contribution is -2.20. The first-order valence-corrected chi connectivity index (χ1v) is 9.62. The molecule has 0 unspecified atom stereocenters. The number of ether oxygens (including phenoxy) is 3. The lowest BCUT2D eigenvalue weighted by Gasteiger charge is -2.09. The van der Waals surface area contributed by atoms with Gasteiger partial charge in [0, 0.05) is 16.8 Å². The highest BCUT2D eigenvalue weighted by atomic mass is 16.5. The van der Waals surface area contributed by atoms with Crippen molar-refractivity contribution in [1.82, 2.24) is 0 Å². The van der Waals surface area contributed by atoms with E-state index in [9.17, 15) is 9.59 Å². The first kappa shape index (κ1) is 21.6. The van der Waals surface area contributed by atoms with Crippen LogP contribution in [0.3, 0.4) is 0 Å². The largest absolute Gasteiger partial charge is 0.493 e. The number of carbonyl (C=O) groups is 2. The molecule has 31 heavy (non-hydrogen) atoms. The summed E-state index contributed by atoms with van der Waals surface area (Å²) in [6.07, 6.45) is 3.16. The summed E-state index contributed by atoms with van der Waals surface area (Å²) in [7, 11) is 3.11. The highest BCUT2D eigenvalue weighted by Crippen LogP contribution is 2.31. The molecule has 6 nitrogen and oxygen atoms in total. The molecule has 0 spiro atoms. The normalized spacial score (nSPS) is 10.5. The molecule has 158 valence electrons. The van der Waals surface area contributed by atoms with Gasteiger partial charge in [-0.25, -0.2) is 0 Å². The molecular formula is C25H23NO5. The van der Waals surface area contributed by atoms with Gasteiger partial charge >= 0.3 is 0 Å². The maximum Gasteiger partial charge on any atom is 0.262 e. The van der Waals surface area contributed by atoms with Crippen LogP contribution in [0.25, 0.3) is 6.08 Å². The van der Waals surface area contributed by atoms with E-state index in [1.807, 2.05) is 30.3 Å². The van der Waals surface area contributed by atoms with Crippen LogP contribution in [0, 0.1) is 0 Å². The van der Waals surface area contributed by atoms with Gasteiger partial charge in [-0.15, -0.1) is 0 Å².